The molecule has 158 valence electrons. The molecule has 9 nitrogen and oxygen atoms in total. The Hall–Kier alpha value is -2.27. The van der Waals surface area contributed by atoms with Crippen LogP contribution < -0.4 is 0 Å². The Kier molecular flexibility index (Phi) is 4.89. The molecule has 1 unspecified atom stereocenters. The molecule has 30 heavy (non-hydrogen) atoms. The summed E-state index contributed by atoms with van der Waals surface area (Å²) in [4.78, 5) is 10.9. The van der Waals surface area contributed by atoms with Gasteiger partial charge in [0, 0.05) is 18.3 Å². The molecule has 0 aliphatic carbocycles. The molecule has 0 saturated carbocycles. The maximum atomic E-state index is 10.7. The van der Waals surface area contributed by atoms with Crippen LogP contribution >= 0.6 is 11.6 Å². The van der Waals surface area contributed by atoms with Crippen molar-refractivity contribution in [3.05, 3.63) is 52.7 Å². The van der Waals surface area contributed by atoms with Crippen LogP contribution in [0.1, 0.15) is 23.5 Å². The number of ether oxygens (including phenoxy) is 2. The smallest absolute Gasteiger partial charge is 0.164 e. The van der Waals surface area contributed by atoms with Gasteiger partial charge in [0.1, 0.15) is 42.4 Å². The number of benzene rings is 1. The summed E-state index contributed by atoms with van der Waals surface area (Å²) in [7, 11) is 1.62. The van der Waals surface area contributed by atoms with Crippen molar-refractivity contribution in [1.82, 2.24) is 9.47 Å². The Bertz CT molecular complexity index is 1010. The minimum atomic E-state index is -1.29. The molecule has 3 aliphatic heterocycles. The molecular weight excluding hydrogens is 412 g/mol. The van der Waals surface area contributed by atoms with Gasteiger partial charge in [-0.05, 0) is 23.8 Å². The zero-order valence-electron chi connectivity index (χ0n) is 16.0. The number of aliphatic imine (C=N–C) groups is 2. The van der Waals surface area contributed by atoms with Crippen molar-refractivity contribution in [2.75, 3.05) is 13.7 Å². The van der Waals surface area contributed by atoms with Gasteiger partial charge in [-0.15, -0.1) is 0 Å². The standard InChI is InChI=1S/C20H21ClN4O5/c1-29-13-8-22-18-12-6-7-24(19(12)23-9-25(13)18)20-16(28)15(27)17(30-20)14(26)10-2-4-11(21)5-3-10/h2-7,9,13-17,20,26-28H,8H2,1H3/t13?,14-,15+,16-,17-,20-/m1/s1. The molecule has 2 aromatic rings. The highest BCUT2D eigenvalue weighted by atomic mass is 35.5. The quantitative estimate of drug-likeness (QED) is 0.669. The van der Waals surface area contributed by atoms with Crippen molar-refractivity contribution < 1.29 is 24.8 Å². The van der Waals surface area contributed by atoms with Gasteiger partial charge in [-0.2, -0.15) is 0 Å². The van der Waals surface area contributed by atoms with Crippen molar-refractivity contribution in [1.29, 1.82) is 0 Å². The lowest BCUT2D eigenvalue weighted by molar-refractivity contribution is -0.0854. The van der Waals surface area contributed by atoms with Gasteiger partial charge in [0.05, 0.1) is 12.1 Å². The van der Waals surface area contributed by atoms with Gasteiger partial charge in [0.2, 0.25) is 0 Å². The number of nitrogens with zero attached hydrogens (tertiary/aromatic N) is 4. The molecule has 0 amide bonds. The van der Waals surface area contributed by atoms with Crippen LogP contribution in [-0.4, -0.2) is 75.2 Å². The summed E-state index contributed by atoms with van der Waals surface area (Å²) in [5.74, 6) is 1.29. The lowest BCUT2D eigenvalue weighted by atomic mass is 9.99. The summed E-state index contributed by atoms with van der Waals surface area (Å²) in [6, 6.07) is 8.44. The fraction of sp³-hybridized carbons (Fsp3) is 0.400. The second-order valence-electron chi connectivity index (χ2n) is 7.44. The topological polar surface area (TPSA) is 112 Å². The summed E-state index contributed by atoms with van der Waals surface area (Å²) in [6.45, 7) is 0.499. The molecule has 6 atom stereocenters. The maximum absolute atomic E-state index is 10.7. The van der Waals surface area contributed by atoms with Gasteiger partial charge >= 0.3 is 0 Å². The average molecular weight is 433 g/mol. The third-order valence-corrected chi connectivity index (χ3v) is 5.98. The van der Waals surface area contributed by atoms with E-state index in [2.05, 4.69) is 9.98 Å². The summed E-state index contributed by atoms with van der Waals surface area (Å²) in [6.07, 6.45) is -2.45. The van der Waals surface area contributed by atoms with E-state index in [0.29, 0.717) is 22.9 Å². The van der Waals surface area contributed by atoms with Gasteiger partial charge in [-0.1, -0.05) is 23.7 Å². The van der Waals surface area contributed by atoms with E-state index in [1.165, 1.54) is 0 Å². The number of hydrogen-bond donors (Lipinski definition) is 3. The number of amidine groups is 1. The Morgan fingerprint density at radius 3 is 2.70 bits per heavy atom. The first-order chi connectivity index (χ1) is 14.5. The van der Waals surface area contributed by atoms with E-state index in [1.807, 2.05) is 11.0 Å². The largest absolute Gasteiger partial charge is 0.387 e. The molecule has 3 N–H and O–H groups in total. The molecule has 1 fully saturated rings. The summed E-state index contributed by atoms with van der Waals surface area (Å²) in [5.41, 5.74) is 1.31. The molecule has 0 bridgehead atoms. The number of methoxy groups -OCH3 is 1. The number of hydrogen-bond acceptors (Lipinski definition) is 8. The SMILES string of the molecule is COC1CN=C2c3ccn([C@@H]4O[C@H]([C@H](O)c5ccc(Cl)cc5)[C@@H](O)[C@H]4O)c3N=CN21. The molecule has 5 rings (SSSR count). The van der Waals surface area contributed by atoms with Gasteiger partial charge in [0.15, 0.2) is 12.5 Å². The molecule has 3 aliphatic rings. The van der Waals surface area contributed by atoms with Crippen LogP contribution in [0, 0.1) is 0 Å². The monoisotopic (exact) mass is 432 g/mol. The third-order valence-electron chi connectivity index (χ3n) is 5.73. The molecule has 1 aromatic heterocycles. The van der Waals surface area contributed by atoms with Crippen molar-refractivity contribution >= 4 is 29.6 Å². The van der Waals surface area contributed by atoms with E-state index in [-0.39, 0.29) is 6.23 Å². The Labute approximate surface area is 177 Å². The van der Waals surface area contributed by atoms with Crippen LogP contribution in [0.15, 0.2) is 46.5 Å². The van der Waals surface area contributed by atoms with E-state index < -0.39 is 30.6 Å². The number of fused-ring (bicyclic) bond motifs is 3. The number of rotatable bonds is 4. The maximum Gasteiger partial charge on any atom is 0.164 e. The van der Waals surface area contributed by atoms with Gasteiger partial charge in [0.25, 0.3) is 0 Å². The third kappa shape index (κ3) is 2.97. The van der Waals surface area contributed by atoms with Crippen LogP contribution in [0.5, 0.6) is 0 Å². The lowest BCUT2D eigenvalue weighted by Crippen LogP contribution is -2.38. The second-order valence-corrected chi connectivity index (χ2v) is 7.87. The molecule has 4 heterocycles. The van der Waals surface area contributed by atoms with Crippen molar-refractivity contribution in [2.24, 2.45) is 9.98 Å². The fourth-order valence-corrected chi connectivity index (χ4v) is 4.24. The first-order valence-corrected chi connectivity index (χ1v) is 9.93. The zero-order valence-corrected chi connectivity index (χ0v) is 16.8. The number of halogens is 1. The summed E-state index contributed by atoms with van der Waals surface area (Å²) >= 11 is 5.90. The lowest BCUT2D eigenvalue weighted by Gasteiger charge is -2.26. The van der Waals surface area contributed by atoms with Crippen LogP contribution in [-0.2, 0) is 9.47 Å². The highest BCUT2D eigenvalue weighted by Crippen LogP contribution is 2.40. The predicted octanol–water partition coefficient (Wildman–Crippen LogP) is 1.20. The van der Waals surface area contributed by atoms with Gasteiger partial charge in [-0.3, -0.25) is 9.89 Å². The van der Waals surface area contributed by atoms with Crippen molar-refractivity contribution in [3.8, 4) is 0 Å². The highest BCUT2D eigenvalue weighted by molar-refractivity contribution is 6.30. The van der Waals surface area contributed by atoms with E-state index in [1.54, 1.807) is 48.5 Å². The zero-order chi connectivity index (χ0) is 21.0. The van der Waals surface area contributed by atoms with Crippen LogP contribution in [0.2, 0.25) is 5.02 Å². The van der Waals surface area contributed by atoms with Crippen molar-refractivity contribution in [2.45, 2.75) is 36.9 Å². The normalized spacial score (nSPS) is 30.9. The molecule has 1 aromatic carbocycles. The summed E-state index contributed by atoms with van der Waals surface area (Å²) < 4.78 is 13.0. The molecule has 0 radical (unpaired) electrons. The van der Waals surface area contributed by atoms with E-state index in [4.69, 9.17) is 21.1 Å². The molecule has 1 saturated heterocycles. The molecular formula is C20H21ClN4O5. The average Bonchev–Trinajstić information content (AvgIpc) is 3.44. The van der Waals surface area contributed by atoms with Gasteiger partial charge < -0.3 is 29.4 Å². The minimum Gasteiger partial charge on any atom is -0.387 e. The van der Waals surface area contributed by atoms with Crippen LogP contribution in [0.3, 0.4) is 0 Å². The first-order valence-electron chi connectivity index (χ1n) is 9.55. The van der Waals surface area contributed by atoms with E-state index in [9.17, 15) is 15.3 Å². The van der Waals surface area contributed by atoms with E-state index in [0.717, 1.165) is 11.4 Å². The molecule has 0 spiro atoms. The Morgan fingerprint density at radius 2 is 1.97 bits per heavy atom. The minimum absolute atomic E-state index is 0.200. The van der Waals surface area contributed by atoms with Gasteiger partial charge in [-0.25, -0.2) is 4.99 Å². The Morgan fingerprint density at radius 1 is 1.20 bits per heavy atom. The Balaban J connectivity index is 1.42. The number of aliphatic hydroxyl groups excluding tert-OH is 3. The van der Waals surface area contributed by atoms with Crippen LogP contribution in [0.25, 0.3) is 0 Å². The summed E-state index contributed by atoms with van der Waals surface area (Å²) in [5, 5.41) is 32.5. The van der Waals surface area contributed by atoms with E-state index >= 15 is 0 Å². The molecule has 10 heteroatoms. The van der Waals surface area contributed by atoms with Crippen LogP contribution in [0.4, 0.5) is 5.82 Å². The highest BCUT2D eigenvalue weighted by Gasteiger charge is 2.48. The second kappa shape index (κ2) is 7.45. The first kappa shape index (κ1) is 19.7. The fourth-order valence-electron chi connectivity index (χ4n) is 4.11. The number of aromatic nitrogens is 1. The number of aliphatic hydroxyl groups is 3. The van der Waals surface area contributed by atoms with Crippen molar-refractivity contribution in [3.63, 3.8) is 0 Å². The predicted molar refractivity (Wildman–Crippen MR) is 109 cm³/mol.